The summed E-state index contributed by atoms with van der Waals surface area (Å²) in [7, 11) is 0. The Balaban J connectivity index is 1.73. The van der Waals surface area contributed by atoms with Crippen LogP contribution in [0.2, 0.25) is 0 Å². The van der Waals surface area contributed by atoms with E-state index < -0.39 is 0 Å². The molecule has 3 heteroatoms. The molecule has 31 heavy (non-hydrogen) atoms. The Kier molecular flexibility index (Phi) is 5.94. The van der Waals surface area contributed by atoms with Crippen LogP contribution in [0, 0.1) is 6.92 Å². The van der Waals surface area contributed by atoms with E-state index in [-0.39, 0.29) is 17.7 Å². The van der Waals surface area contributed by atoms with E-state index in [2.05, 4.69) is 50.2 Å². The second kappa shape index (κ2) is 8.81. The van der Waals surface area contributed by atoms with Crippen LogP contribution < -0.4 is 0 Å². The van der Waals surface area contributed by atoms with E-state index in [9.17, 15) is 9.90 Å². The van der Waals surface area contributed by atoms with Gasteiger partial charge < -0.3 is 10.0 Å². The lowest BCUT2D eigenvalue weighted by atomic mass is 9.91. The van der Waals surface area contributed by atoms with Gasteiger partial charge in [0.15, 0.2) is 5.76 Å². The van der Waals surface area contributed by atoms with Gasteiger partial charge in [0.25, 0.3) is 5.91 Å². The lowest BCUT2D eigenvalue weighted by Gasteiger charge is -2.28. The van der Waals surface area contributed by atoms with Crippen LogP contribution in [0.4, 0.5) is 0 Å². The zero-order chi connectivity index (χ0) is 22.0. The number of aliphatic hydroxyl groups excluding tert-OH is 1. The van der Waals surface area contributed by atoms with Gasteiger partial charge in [-0.1, -0.05) is 98.3 Å². The Labute approximate surface area is 184 Å². The average Bonchev–Trinajstić information content (AvgIpc) is 3.04. The van der Waals surface area contributed by atoms with E-state index in [0.717, 1.165) is 23.1 Å². The molecule has 3 nitrogen and oxygen atoms in total. The highest BCUT2D eigenvalue weighted by molar-refractivity contribution is 6.05. The number of hydrogen-bond acceptors (Lipinski definition) is 2. The topological polar surface area (TPSA) is 40.5 Å². The molecular weight excluding hydrogens is 382 g/mol. The standard InChI is InChI=1S/C28H29NO2/c1-19(2)22-13-15-24(16-14-22)26-25(23-11-9-20(3)10-12-23)27(30)28(31)29(26)18-17-21-7-5-4-6-8-21/h4-16,19,26,30H,17-18H2,1-3H3. The maximum atomic E-state index is 13.2. The first-order valence-corrected chi connectivity index (χ1v) is 10.9. The summed E-state index contributed by atoms with van der Waals surface area (Å²) >= 11 is 0. The summed E-state index contributed by atoms with van der Waals surface area (Å²) in [6.45, 7) is 6.92. The molecule has 0 aromatic heterocycles. The fraction of sp³-hybridized carbons (Fsp3) is 0.250. The molecule has 1 atom stereocenters. The molecule has 0 aliphatic carbocycles. The third-order valence-electron chi connectivity index (χ3n) is 6.07. The van der Waals surface area contributed by atoms with E-state index in [4.69, 9.17) is 0 Å². The minimum absolute atomic E-state index is 0.144. The van der Waals surface area contributed by atoms with Crippen molar-refractivity contribution in [2.24, 2.45) is 0 Å². The summed E-state index contributed by atoms with van der Waals surface area (Å²) < 4.78 is 0. The number of carbonyl (C=O) groups is 1. The molecule has 0 saturated carbocycles. The first-order chi connectivity index (χ1) is 15.0. The fourth-order valence-corrected chi connectivity index (χ4v) is 4.22. The van der Waals surface area contributed by atoms with E-state index >= 15 is 0 Å². The number of nitrogens with zero attached hydrogens (tertiary/aromatic N) is 1. The predicted molar refractivity (Wildman–Crippen MR) is 126 cm³/mol. The van der Waals surface area contributed by atoms with Crippen LogP contribution in [-0.2, 0) is 11.2 Å². The van der Waals surface area contributed by atoms with Gasteiger partial charge in [-0.3, -0.25) is 4.79 Å². The minimum atomic E-state index is -0.305. The summed E-state index contributed by atoms with van der Waals surface area (Å²) in [6.07, 6.45) is 0.738. The average molecular weight is 412 g/mol. The largest absolute Gasteiger partial charge is 0.503 e. The second-order valence-electron chi connectivity index (χ2n) is 8.59. The summed E-state index contributed by atoms with van der Waals surface area (Å²) in [5, 5.41) is 10.9. The van der Waals surface area contributed by atoms with Crippen molar-refractivity contribution in [3.05, 3.63) is 112 Å². The quantitative estimate of drug-likeness (QED) is 0.523. The van der Waals surface area contributed by atoms with Gasteiger partial charge in [-0.05, 0) is 41.5 Å². The number of amides is 1. The molecule has 4 rings (SSSR count). The van der Waals surface area contributed by atoms with E-state index in [1.165, 1.54) is 11.1 Å². The van der Waals surface area contributed by atoms with E-state index in [1.807, 2.05) is 54.3 Å². The van der Waals surface area contributed by atoms with Gasteiger partial charge in [0.1, 0.15) is 0 Å². The third kappa shape index (κ3) is 4.27. The molecular formula is C28H29NO2. The maximum absolute atomic E-state index is 13.2. The zero-order valence-corrected chi connectivity index (χ0v) is 18.4. The van der Waals surface area contributed by atoms with Crippen LogP contribution in [0.1, 0.15) is 53.6 Å². The molecule has 3 aromatic rings. The molecule has 158 valence electrons. The molecule has 0 bridgehead atoms. The molecule has 0 radical (unpaired) electrons. The molecule has 1 aliphatic rings. The first-order valence-electron chi connectivity index (χ1n) is 10.9. The van der Waals surface area contributed by atoms with Crippen LogP contribution in [0.3, 0.4) is 0 Å². The Morgan fingerprint density at radius 1 is 0.903 bits per heavy atom. The zero-order valence-electron chi connectivity index (χ0n) is 18.4. The lowest BCUT2D eigenvalue weighted by Crippen LogP contribution is -2.32. The summed E-state index contributed by atoms with van der Waals surface area (Å²) in [6, 6.07) is 26.3. The van der Waals surface area contributed by atoms with Crippen LogP contribution in [0.5, 0.6) is 0 Å². The second-order valence-corrected chi connectivity index (χ2v) is 8.59. The van der Waals surface area contributed by atoms with Crippen LogP contribution >= 0.6 is 0 Å². The maximum Gasteiger partial charge on any atom is 0.289 e. The van der Waals surface area contributed by atoms with Crippen molar-refractivity contribution < 1.29 is 9.90 Å². The van der Waals surface area contributed by atoms with Gasteiger partial charge in [-0.2, -0.15) is 0 Å². The first kappa shape index (κ1) is 20.9. The summed E-state index contributed by atoms with van der Waals surface area (Å²) in [5.41, 5.74) is 6.17. The van der Waals surface area contributed by atoms with Crippen LogP contribution in [0.25, 0.3) is 5.57 Å². The van der Waals surface area contributed by atoms with Crippen molar-refractivity contribution in [3.63, 3.8) is 0 Å². The molecule has 1 heterocycles. The Hall–Kier alpha value is -3.33. The molecule has 1 amide bonds. The number of benzene rings is 3. The van der Waals surface area contributed by atoms with Crippen molar-refractivity contribution in [1.29, 1.82) is 0 Å². The lowest BCUT2D eigenvalue weighted by molar-refractivity contribution is -0.129. The van der Waals surface area contributed by atoms with E-state index in [1.54, 1.807) is 0 Å². The number of hydrogen-bond donors (Lipinski definition) is 1. The molecule has 1 N–H and O–H groups in total. The molecule has 1 unspecified atom stereocenters. The van der Waals surface area contributed by atoms with Gasteiger partial charge in [0.2, 0.25) is 0 Å². The van der Waals surface area contributed by atoms with Crippen LogP contribution in [-0.4, -0.2) is 22.5 Å². The van der Waals surface area contributed by atoms with E-state index in [0.29, 0.717) is 18.0 Å². The molecule has 1 aliphatic heterocycles. The summed E-state index contributed by atoms with van der Waals surface area (Å²) in [4.78, 5) is 15.0. The fourth-order valence-electron chi connectivity index (χ4n) is 4.22. The predicted octanol–water partition coefficient (Wildman–Crippen LogP) is 6.21. The molecule has 3 aromatic carbocycles. The number of carbonyl (C=O) groups excluding carboxylic acids is 1. The Morgan fingerprint density at radius 3 is 2.16 bits per heavy atom. The smallest absolute Gasteiger partial charge is 0.289 e. The highest BCUT2D eigenvalue weighted by Crippen LogP contribution is 2.43. The van der Waals surface area contributed by atoms with Gasteiger partial charge in [-0.25, -0.2) is 0 Å². The SMILES string of the molecule is Cc1ccc(C2=C(O)C(=O)N(CCc3ccccc3)C2c2ccc(C(C)C)cc2)cc1. The highest BCUT2D eigenvalue weighted by Gasteiger charge is 2.40. The van der Waals surface area contributed by atoms with Crippen LogP contribution in [0.15, 0.2) is 84.6 Å². The molecule has 0 fully saturated rings. The normalized spacial score (nSPS) is 16.5. The highest BCUT2D eigenvalue weighted by atomic mass is 16.3. The van der Waals surface area contributed by atoms with Crippen molar-refractivity contribution in [2.75, 3.05) is 6.54 Å². The van der Waals surface area contributed by atoms with Crippen molar-refractivity contribution in [2.45, 2.75) is 39.2 Å². The number of aryl methyl sites for hydroxylation is 1. The Bertz CT molecular complexity index is 1080. The molecule has 0 saturated heterocycles. The Morgan fingerprint density at radius 2 is 1.55 bits per heavy atom. The van der Waals surface area contributed by atoms with Gasteiger partial charge in [0, 0.05) is 12.1 Å². The monoisotopic (exact) mass is 411 g/mol. The summed E-state index contributed by atoms with van der Waals surface area (Å²) in [5.74, 6) is -0.00625. The number of aliphatic hydroxyl groups is 1. The molecule has 0 spiro atoms. The van der Waals surface area contributed by atoms with Gasteiger partial charge >= 0.3 is 0 Å². The van der Waals surface area contributed by atoms with Crippen molar-refractivity contribution in [1.82, 2.24) is 4.90 Å². The van der Waals surface area contributed by atoms with Gasteiger partial charge in [-0.15, -0.1) is 0 Å². The third-order valence-corrected chi connectivity index (χ3v) is 6.07. The van der Waals surface area contributed by atoms with Crippen molar-refractivity contribution >= 4 is 11.5 Å². The van der Waals surface area contributed by atoms with Gasteiger partial charge in [0.05, 0.1) is 6.04 Å². The number of rotatable bonds is 6. The minimum Gasteiger partial charge on any atom is -0.503 e. The van der Waals surface area contributed by atoms with Crippen molar-refractivity contribution in [3.8, 4) is 0 Å².